The van der Waals surface area contributed by atoms with Crippen LogP contribution in [0.3, 0.4) is 0 Å². The van der Waals surface area contributed by atoms with Crippen molar-refractivity contribution < 1.29 is 15.6 Å². The topological polar surface area (TPSA) is 133 Å². The van der Waals surface area contributed by atoms with Gasteiger partial charge in [0.25, 0.3) is 5.56 Å². The molecular weight excluding hydrogens is 250 g/mol. The normalized spacial score (nSPS) is 9.32. The molecule has 5 N–H and O–H groups in total. The van der Waals surface area contributed by atoms with E-state index in [1.54, 1.807) is 0 Å². The highest BCUT2D eigenvalue weighted by Crippen LogP contribution is 1.93. The van der Waals surface area contributed by atoms with Gasteiger partial charge in [0.15, 0.2) is 0 Å². The molecule has 2 rings (SSSR count). The first-order valence-corrected chi connectivity index (χ1v) is 5.41. The number of hydrogen-bond acceptors (Lipinski definition) is 4. The molecule has 0 bridgehead atoms. The maximum absolute atomic E-state index is 10.4. The molecule has 0 saturated carbocycles. The van der Waals surface area contributed by atoms with Crippen LogP contribution < -0.4 is 22.1 Å². The van der Waals surface area contributed by atoms with E-state index in [0.717, 1.165) is 12.6 Å². The molecule has 0 amide bonds. The third-order valence-corrected chi connectivity index (χ3v) is 2.11. The van der Waals surface area contributed by atoms with Crippen molar-refractivity contribution in [3.63, 3.8) is 0 Å². The number of rotatable bonds is 2. The summed E-state index contributed by atoms with van der Waals surface area (Å²) in [7, 11) is 0. The van der Waals surface area contributed by atoms with Crippen LogP contribution in [0.2, 0.25) is 0 Å². The molecular formula is C12H13N3O4. The van der Waals surface area contributed by atoms with E-state index in [1.165, 1.54) is 5.56 Å². The maximum Gasteiger partial charge on any atom is 0.326 e. The molecule has 19 heavy (non-hydrogen) atoms. The Kier molecular flexibility index (Phi) is 5.24. The Morgan fingerprint density at radius 2 is 1.79 bits per heavy atom. The molecule has 0 aliphatic heterocycles. The van der Waals surface area contributed by atoms with E-state index in [1.807, 2.05) is 28.2 Å². The fourth-order valence-electron chi connectivity index (χ4n) is 1.22. The van der Waals surface area contributed by atoms with Gasteiger partial charge in [0.1, 0.15) is 0 Å². The molecule has 1 aromatic heterocycles. The molecule has 2 aromatic rings. The number of aromatic amines is 2. The molecule has 0 unspecified atom stereocenters. The van der Waals surface area contributed by atoms with Crippen LogP contribution in [0, 0.1) is 0 Å². The summed E-state index contributed by atoms with van der Waals surface area (Å²) in [5, 5.41) is 10.1. The molecule has 7 heteroatoms. The lowest BCUT2D eigenvalue weighted by atomic mass is 10.2. The van der Waals surface area contributed by atoms with Crippen LogP contribution >= 0.6 is 0 Å². The predicted octanol–water partition coefficient (Wildman–Crippen LogP) is -2.14. The summed E-state index contributed by atoms with van der Waals surface area (Å²) in [4.78, 5) is 34.6. The first kappa shape index (κ1) is 14.4. The van der Waals surface area contributed by atoms with E-state index in [0.29, 0.717) is 0 Å². The van der Waals surface area contributed by atoms with Crippen LogP contribution in [-0.4, -0.2) is 15.9 Å². The van der Waals surface area contributed by atoms with Gasteiger partial charge in [-0.3, -0.25) is 9.78 Å². The summed E-state index contributed by atoms with van der Waals surface area (Å²) in [6.07, 6.45) is 0. The number of quaternary nitrogens is 1. The zero-order chi connectivity index (χ0) is 14.3. The maximum atomic E-state index is 10.4. The lowest BCUT2D eigenvalue weighted by Crippen LogP contribution is -2.47. The standard InChI is InChI=1S/C7H9N.C5H4N2O4/c8-6-7-4-2-1-3-5-7;8-3-1-2(4(9)10)6-5(11)7-3/h1-5H,6,8H2;1H,(H,9,10)(H2,6,7,8,11). The van der Waals surface area contributed by atoms with Gasteiger partial charge in [-0.15, -0.1) is 0 Å². The molecule has 1 heterocycles. The number of carboxylic acids is 1. The summed E-state index contributed by atoms with van der Waals surface area (Å²) in [5.74, 6) is -1.59. The van der Waals surface area contributed by atoms with Crippen LogP contribution in [0.5, 0.6) is 0 Å². The van der Waals surface area contributed by atoms with Crippen molar-refractivity contribution in [2.45, 2.75) is 6.54 Å². The summed E-state index contributed by atoms with van der Waals surface area (Å²) < 4.78 is 0. The number of carbonyl (C=O) groups excluding carboxylic acids is 1. The van der Waals surface area contributed by atoms with E-state index in [-0.39, 0.29) is 0 Å². The highest BCUT2D eigenvalue weighted by atomic mass is 16.4. The fourth-order valence-corrected chi connectivity index (χ4v) is 1.22. The number of hydrogen-bond donors (Lipinski definition) is 3. The predicted molar refractivity (Wildman–Crippen MR) is 65.0 cm³/mol. The van der Waals surface area contributed by atoms with E-state index < -0.39 is 22.9 Å². The van der Waals surface area contributed by atoms with Crippen molar-refractivity contribution in [2.24, 2.45) is 0 Å². The van der Waals surface area contributed by atoms with Gasteiger partial charge in [-0.2, -0.15) is 0 Å². The summed E-state index contributed by atoms with van der Waals surface area (Å²) >= 11 is 0. The number of aromatic carboxylic acids is 1. The molecule has 0 aliphatic rings. The molecule has 0 spiro atoms. The van der Waals surface area contributed by atoms with E-state index in [2.05, 4.69) is 17.9 Å². The molecule has 0 saturated heterocycles. The highest BCUT2D eigenvalue weighted by molar-refractivity contribution is 5.82. The number of benzene rings is 1. The Labute approximate surface area is 107 Å². The minimum absolute atomic E-state index is 0.529. The quantitative estimate of drug-likeness (QED) is 0.569. The van der Waals surface area contributed by atoms with Crippen molar-refractivity contribution >= 4 is 5.97 Å². The van der Waals surface area contributed by atoms with Crippen LogP contribution in [0.4, 0.5) is 0 Å². The van der Waals surface area contributed by atoms with Crippen molar-refractivity contribution in [1.29, 1.82) is 0 Å². The number of aromatic nitrogens is 2. The summed E-state index contributed by atoms with van der Waals surface area (Å²) in [6.45, 7) is 0.890. The SMILES string of the molecule is O=C([O-])c1cc(=O)[nH]c(=O)[nH]1.[NH3+]Cc1ccccc1. The zero-order valence-corrected chi connectivity index (χ0v) is 10.0. The van der Waals surface area contributed by atoms with E-state index in [4.69, 9.17) is 0 Å². The smallest absolute Gasteiger partial charge is 0.326 e. The van der Waals surface area contributed by atoms with Crippen LogP contribution in [-0.2, 0) is 6.54 Å². The molecule has 0 radical (unpaired) electrons. The molecule has 100 valence electrons. The Morgan fingerprint density at radius 3 is 2.21 bits per heavy atom. The van der Waals surface area contributed by atoms with Gasteiger partial charge in [0, 0.05) is 11.6 Å². The van der Waals surface area contributed by atoms with Crippen molar-refractivity contribution in [3.05, 3.63) is 68.5 Å². The number of H-pyrrole nitrogens is 2. The fraction of sp³-hybridized carbons (Fsp3) is 0.0833. The molecule has 1 aromatic carbocycles. The Hall–Kier alpha value is -2.67. The summed E-state index contributed by atoms with van der Waals surface area (Å²) in [5.41, 5.74) is 2.89. The second kappa shape index (κ2) is 6.92. The molecule has 7 nitrogen and oxygen atoms in total. The Bertz CT molecular complexity index is 618. The lowest BCUT2D eigenvalue weighted by Gasteiger charge is -1.97. The lowest BCUT2D eigenvalue weighted by molar-refractivity contribution is -0.386. The largest absolute Gasteiger partial charge is 0.543 e. The number of carbonyl (C=O) groups is 1. The Morgan fingerprint density at radius 1 is 1.16 bits per heavy atom. The first-order valence-electron chi connectivity index (χ1n) is 5.41. The van der Waals surface area contributed by atoms with Gasteiger partial charge in [0.2, 0.25) is 0 Å². The van der Waals surface area contributed by atoms with Crippen molar-refractivity contribution in [1.82, 2.24) is 9.97 Å². The second-order valence-corrected chi connectivity index (χ2v) is 3.52. The van der Waals surface area contributed by atoms with E-state index >= 15 is 0 Å². The summed E-state index contributed by atoms with van der Waals surface area (Å²) in [6, 6.07) is 11.0. The minimum Gasteiger partial charge on any atom is -0.543 e. The van der Waals surface area contributed by atoms with Crippen LogP contribution in [0.25, 0.3) is 0 Å². The number of nitrogens with one attached hydrogen (secondary N) is 2. The minimum atomic E-state index is -1.59. The van der Waals surface area contributed by atoms with Crippen molar-refractivity contribution in [3.8, 4) is 0 Å². The monoisotopic (exact) mass is 263 g/mol. The van der Waals surface area contributed by atoms with E-state index in [9.17, 15) is 19.5 Å². The average molecular weight is 263 g/mol. The zero-order valence-electron chi connectivity index (χ0n) is 10.0. The molecule has 0 atom stereocenters. The van der Waals surface area contributed by atoms with Crippen LogP contribution in [0.15, 0.2) is 46.0 Å². The third kappa shape index (κ3) is 5.00. The van der Waals surface area contributed by atoms with Gasteiger partial charge in [-0.05, 0) is 0 Å². The van der Waals surface area contributed by atoms with Gasteiger partial charge in [0.05, 0.1) is 18.2 Å². The molecule has 0 aliphatic carbocycles. The van der Waals surface area contributed by atoms with Crippen molar-refractivity contribution in [2.75, 3.05) is 0 Å². The molecule has 0 fully saturated rings. The number of carboxylic acid groups (broad SMARTS) is 1. The third-order valence-electron chi connectivity index (χ3n) is 2.11. The second-order valence-electron chi connectivity index (χ2n) is 3.52. The average Bonchev–Trinajstić information content (AvgIpc) is 2.39. The van der Waals surface area contributed by atoms with Gasteiger partial charge < -0.3 is 20.6 Å². The highest BCUT2D eigenvalue weighted by Gasteiger charge is 1.95. The first-order chi connectivity index (χ1) is 9.02. The van der Waals surface area contributed by atoms with Gasteiger partial charge in [-0.1, -0.05) is 30.3 Å². The van der Waals surface area contributed by atoms with Gasteiger partial charge in [-0.25, -0.2) is 4.79 Å². The van der Waals surface area contributed by atoms with Crippen LogP contribution in [0.1, 0.15) is 16.1 Å². The van der Waals surface area contributed by atoms with Gasteiger partial charge >= 0.3 is 5.69 Å². The Balaban J connectivity index is 0.000000200.